The third-order valence-corrected chi connectivity index (χ3v) is 5.05. The smallest absolute Gasteiger partial charge is 0.239 e. The minimum absolute atomic E-state index is 0.0395. The lowest BCUT2D eigenvalue weighted by Crippen LogP contribution is -1.99. The normalized spacial score (nSPS) is 12.8. The summed E-state index contributed by atoms with van der Waals surface area (Å²) in [5.74, 6) is 1.64. The summed E-state index contributed by atoms with van der Waals surface area (Å²) in [6.45, 7) is 10.4. The van der Waals surface area contributed by atoms with E-state index in [1.165, 1.54) is 11.1 Å². The highest BCUT2D eigenvalue weighted by molar-refractivity contribution is 7.99. The van der Waals surface area contributed by atoms with Crippen molar-refractivity contribution in [1.29, 1.82) is 0 Å². The average Bonchev–Trinajstić information content (AvgIpc) is 3.19. The van der Waals surface area contributed by atoms with E-state index >= 15 is 0 Å². The van der Waals surface area contributed by atoms with Crippen molar-refractivity contribution in [3.8, 4) is 5.69 Å². The zero-order valence-corrected chi connectivity index (χ0v) is 15.5. The predicted octanol–water partition coefficient (Wildman–Crippen LogP) is 4.85. The maximum absolute atomic E-state index is 5.40. The molecule has 0 aliphatic rings. The van der Waals surface area contributed by atoms with Crippen LogP contribution in [0.4, 0.5) is 0 Å². The Labute approximate surface area is 146 Å². The van der Waals surface area contributed by atoms with Gasteiger partial charge in [-0.05, 0) is 44.0 Å². The molecule has 0 spiro atoms. The van der Waals surface area contributed by atoms with Gasteiger partial charge in [0, 0.05) is 24.0 Å². The van der Waals surface area contributed by atoms with Gasteiger partial charge in [-0.15, -0.1) is 0 Å². The first-order valence-corrected chi connectivity index (χ1v) is 8.94. The van der Waals surface area contributed by atoms with Crippen LogP contribution in [0.25, 0.3) is 5.69 Å². The van der Waals surface area contributed by atoms with Crippen LogP contribution in [0.3, 0.4) is 0 Å². The molecule has 1 aromatic carbocycles. The van der Waals surface area contributed by atoms with Crippen LogP contribution in [0.1, 0.15) is 54.8 Å². The number of nitrogens with zero attached hydrogens (tertiary/aromatic N) is 4. The predicted molar refractivity (Wildman–Crippen MR) is 95.7 cm³/mol. The summed E-state index contributed by atoms with van der Waals surface area (Å²) in [5.41, 5.74) is 3.66. The molecule has 0 saturated carbocycles. The number of benzene rings is 1. The second kappa shape index (κ2) is 6.81. The van der Waals surface area contributed by atoms with Gasteiger partial charge in [-0.1, -0.05) is 36.8 Å². The number of rotatable bonds is 5. The lowest BCUT2D eigenvalue weighted by molar-refractivity contribution is 0.373. The molecule has 5 nitrogen and oxygen atoms in total. The van der Waals surface area contributed by atoms with Gasteiger partial charge in [0.15, 0.2) is 11.0 Å². The zero-order valence-electron chi connectivity index (χ0n) is 14.6. The second-order valence-electron chi connectivity index (χ2n) is 6.25. The summed E-state index contributed by atoms with van der Waals surface area (Å²) in [4.78, 5) is 8.97. The molecule has 0 aliphatic heterocycles. The molecule has 0 unspecified atom stereocenters. The quantitative estimate of drug-likeness (QED) is 0.620. The van der Waals surface area contributed by atoms with E-state index in [0.717, 1.165) is 16.7 Å². The molecule has 0 fully saturated rings. The standard InChI is InChI=1S/C18H22N4OS/c1-11(2)16-20-17(23-21-16)14(5)24-18-19-8-9-22(18)15-7-6-12(3)13(4)10-15/h6-11,14H,1-5H3/t14-/m1/s1. The SMILES string of the molecule is Cc1ccc(-n2ccnc2S[C@H](C)c2nc(C(C)C)no2)cc1C. The topological polar surface area (TPSA) is 56.7 Å². The van der Waals surface area contributed by atoms with Gasteiger partial charge in [0.25, 0.3) is 0 Å². The highest BCUT2D eigenvalue weighted by atomic mass is 32.2. The molecule has 0 N–H and O–H groups in total. The third-order valence-electron chi connectivity index (χ3n) is 3.98. The lowest BCUT2D eigenvalue weighted by atomic mass is 10.1. The van der Waals surface area contributed by atoms with Crippen molar-refractivity contribution in [1.82, 2.24) is 19.7 Å². The van der Waals surface area contributed by atoms with E-state index in [4.69, 9.17) is 4.52 Å². The van der Waals surface area contributed by atoms with Gasteiger partial charge in [0.1, 0.15) is 0 Å². The second-order valence-corrected chi connectivity index (χ2v) is 7.56. The first-order valence-electron chi connectivity index (χ1n) is 8.07. The molecule has 0 aliphatic carbocycles. The fourth-order valence-corrected chi connectivity index (χ4v) is 3.22. The van der Waals surface area contributed by atoms with Crippen LogP contribution in [0.15, 0.2) is 40.3 Å². The molecule has 0 radical (unpaired) electrons. The molecule has 24 heavy (non-hydrogen) atoms. The molecule has 2 aromatic heterocycles. The zero-order chi connectivity index (χ0) is 17.3. The minimum Gasteiger partial charge on any atom is -0.338 e. The maximum Gasteiger partial charge on any atom is 0.239 e. The van der Waals surface area contributed by atoms with Gasteiger partial charge in [0.2, 0.25) is 5.89 Å². The van der Waals surface area contributed by atoms with Crippen LogP contribution in [0, 0.1) is 13.8 Å². The molecule has 3 aromatic rings. The Hall–Kier alpha value is -2.08. The van der Waals surface area contributed by atoms with Gasteiger partial charge >= 0.3 is 0 Å². The van der Waals surface area contributed by atoms with Gasteiger partial charge in [0.05, 0.1) is 5.25 Å². The minimum atomic E-state index is 0.0395. The molecule has 126 valence electrons. The molecular weight excluding hydrogens is 320 g/mol. The summed E-state index contributed by atoms with van der Waals surface area (Å²) in [6, 6.07) is 6.42. The van der Waals surface area contributed by atoms with Gasteiger partial charge in [-0.2, -0.15) is 4.98 Å². The Morgan fingerprint density at radius 2 is 1.92 bits per heavy atom. The molecule has 0 amide bonds. The number of thioether (sulfide) groups is 1. The summed E-state index contributed by atoms with van der Waals surface area (Å²) in [5, 5.41) is 4.99. The van der Waals surface area contributed by atoms with Crippen molar-refractivity contribution in [3.05, 3.63) is 53.4 Å². The van der Waals surface area contributed by atoms with E-state index in [2.05, 4.69) is 72.5 Å². The number of hydrogen-bond acceptors (Lipinski definition) is 5. The van der Waals surface area contributed by atoms with E-state index in [1.54, 1.807) is 11.8 Å². The van der Waals surface area contributed by atoms with Crippen LogP contribution >= 0.6 is 11.8 Å². The van der Waals surface area contributed by atoms with Crippen molar-refractivity contribution in [3.63, 3.8) is 0 Å². The summed E-state index contributed by atoms with van der Waals surface area (Å²) in [6.07, 6.45) is 3.80. The summed E-state index contributed by atoms with van der Waals surface area (Å²) >= 11 is 1.62. The van der Waals surface area contributed by atoms with Crippen LogP contribution < -0.4 is 0 Å². The average molecular weight is 342 g/mol. The summed E-state index contributed by atoms with van der Waals surface area (Å²) < 4.78 is 7.49. The Kier molecular flexibility index (Phi) is 4.76. The van der Waals surface area contributed by atoms with E-state index in [1.807, 2.05) is 12.4 Å². The summed E-state index contributed by atoms with van der Waals surface area (Å²) in [7, 11) is 0. The van der Waals surface area contributed by atoms with Gasteiger partial charge in [-0.25, -0.2) is 4.98 Å². The molecule has 0 bridgehead atoms. The molecule has 3 rings (SSSR count). The fourth-order valence-electron chi connectivity index (χ4n) is 2.30. The highest BCUT2D eigenvalue weighted by Crippen LogP contribution is 2.34. The monoisotopic (exact) mass is 342 g/mol. The van der Waals surface area contributed by atoms with Crippen molar-refractivity contribution in [2.24, 2.45) is 0 Å². The molecule has 2 heterocycles. The van der Waals surface area contributed by atoms with Crippen LogP contribution in [0.5, 0.6) is 0 Å². The van der Waals surface area contributed by atoms with E-state index in [0.29, 0.717) is 5.89 Å². The molecule has 6 heteroatoms. The largest absolute Gasteiger partial charge is 0.338 e. The highest BCUT2D eigenvalue weighted by Gasteiger charge is 2.19. The lowest BCUT2D eigenvalue weighted by Gasteiger charge is -2.11. The fraction of sp³-hybridized carbons (Fsp3) is 0.389. The van der Waals surface area contributed by atoms with Gasteiger partial charge < -0.3 is 4.52 Å². The van der Waals surface area contributed by atoms with E-state index in [9.17, 15) is 0 Å². The maximum atomic E-state index is 5.40. The Balaban J connectivity index is 1.83. The van der Waals surface area contributed by atoms with E-state index < -0.39 is 0 Å². The molecule has 1 atom stereocenters. The van der Waals surface area contributed by atoms with E-state index in [-0.39, 0.29) is 11.2 Å². The first kappa shape index (κ1) is 16.8. The van der Waals surface area contributed by atoms with Crippen molar-refractivity contribution in [2.75, 3.05) is 0 Å². The molecular formula is C18H22N4OS. The number of aromatic nitrogens is 4. The van der Waals surface area contributed by atoms with Crippen LogP contribution in [0.2, 0.25) is 0 Å². The number of hydrogen-bond donors (Lipinski definition) is 0. The Morgan fingerprint density at radius 1 is 1.12 bits per heavy atom. The third kappa shape index (κ3) is 3.38. The Morgan fingerprint density at radius 3 is 2.58 bits per heavy atom. The molecule has 0 saturated heterocycles. The Bertz CT molecular complexity index is 837. The van der Waals surface area contributed by atoms with Gasteiger partial charge in [-0.3, -0.25) is 4.57 Å². The number of imidazole rings is 1. The number of aryl methyl sites for hydroxylation is 2. The van der Waals surface area contributed by atoms with Crippen molar-refractivity contribution >= 4 is 11.8 Å². The first-order chi connectivity index (χ1) is 11.5. The van der Waals surface area contributed by atoms with Crippen LogP contribution in [-0.2, 0) is 0 Å². The van der Waals surface area contributed by atoms with Crippen LogP contribution in [-0.4, -0.2) is 19.7 Å². The van der Waals surface area contributed by atoms with Crippen molar-refractivity contribution < 1.29 is 4.52 Å². The van der Waals surface area contributed by atoms with Crippen molar-refractivity contribution in [2.45, 2.75) is 50.9 Å².